The van der Waals surface area contributed by atoms with Gasteiger partial charge in [-0.2, -0.15) is 0 Å². The zero-order valence-corrected chi connectivity index (χ0v) is 18.4. The molecule has 3 amide bonds. The molecule has 0 bridgehead atoms. The lowest BCUT2D eigenvalue weighted by molar-refractivity contribution is -0.119. The molecular weight excluding hydrogens is 436 g/mol. The standard InChI is InChI=1S/C26H22N2O6/c1-33-20-9-5-8-19(15-20)27-23(29)16-34-26(32)18-10-11-21-22(14-18)25(31)28(24(21)30)13-12-17-6-3-2-4-7-17/h2-11,14-15H,12-13,16H2,1H3,(H,27,29). The van der Waals surface area contributed by atoms with E-state index in [-0.39, 0.29) is 23.2 Å². The molecule has 0 fully saturated rings. The predicted molar refractivity (Wildman–Crippen MR) is 124 cm³/mol. The zero-order valence-electron chi connectivity index (χ0n) is 18.4. The quantitative estimate of drug-likeness (QED) is 0.410. The maximum atomic E-state index is 12.8. The van der Waals surface area contributed by atoms with Crippen molar-refractivity contribution in [3.8, 4) is 5.75 Å². The third-order valence-electron chi connectivity index (χ3n) is 5.36. The number of nitrogens with zero attached hydrogens (tertiary/aromatic N) is 1. The summed E-state index contributed by atoms with van der Waals surface area (Å²) in [5.74, 6) is -1.58. The van der Waals surface area contributed by atoms with E-state index < -0.39 is 30.3 Å². The lowest BCUT2D eigenvalue weighted by Crippen LogP contribution is -2.31. The van der Waals surface area contributed by atoms with Gasteiger partial charge in [0.1, 0.15) is 5.75 Å². The predicted octanol–water partition coefficient (Wildman–Crippen LogP) is 3.33. The van der Waals surface area contributed by atoms with Crippen molar-refractivity contribution in [1.82, 2.24) is 4.90 Å². The number of imide groups is 1. The molecule has 0 saturated carbocycles. The molecule has 3 aromatic carbocycles. The van der Waals surface area contributed by atoms with E-state index in [1.165, 1.54) is 30.2 Å². The molecule has 172 valence electrons. The molecule has 8 heteroatoms. The second kappa shape index (κ2) is 9.99. The molecule has 1 aliphatic rings. The summed E-state index contributed by atoms with van der Waals surface area (Å²) in [6.07, 6.45) is 0.531. The largest absolute Gasteiger partial charge is 0.497 e. The van der Waals surface area contributed by atoms with Crippen molar-refractivity contribution in [2.45, 2.75) is 6.42 Å². The Kier molecular flexibility index (Phi) is 6.68. The number of fused-ring (bicyclic) bond motifs is 1. The maximum absolute atomic E-state index is 12.8. The number of ether oxygens (including phenoxy) is 2. The SMILES string of the molecule is COc1cccc(NC(=O)COC(=O)c2ccc3c(c2)C(=O)N(CCc2ccccc2)C3=O)c1. The maximum Gasteiger partial charge on any atom is 0.338 e. The number of hydrogen-bond donors (Lipinski definition) is 1. The molecule has 0 aliphatic carbocycles. The van der Waals surface area contributed by atoms with Crippen LogP contribution in [0.4, 0.5) is 5.69 Å². The fraction of sp³-hybridized carbons (Fsp3) is 0.154. The molecule has 4 rings (SSSR count). The van der Waals surface area contributed by atoms with Gasteiger partial charge >= 0.3 is 5.97 Å². The summed E-state index contributed by atoms with van der Waals surface area (Å²) < 4.78 is 10.2. The van der Waals surface area contributed by atoms with Gasteiger partial charge in [0, 0.05) is 18.3 Å². The first kappa shape index (κ1) is 22.7. The first-order valence-electron chi connectivity index (χ1n) is 10.6. The number of rotatable bonds is 8. The summed E-state index contributed by atoms with van der Waals surface area (Å²) in [6.45, 7) is -0.274. The highest BCUT2D eigenvalue weighted by atomic mass is 16.5. The smallest absolute Gasteiger partial charge is 0.338 e. The fourth-order valence-electron chi connectivity index (χ4n) is 3.62. The number of methoxy groups -OCH3 is 1. The van der Waals surface area contributed by atoms with E-state index in [0.717, 1.165) is 5.56 Å². The number of anilines is 1. The van der Waals surface area contributed by atoms with Crippen LogP contribution in [0, 0.1) is 0 Å². The van der Waals surface area contributed by atoms with Crippen LogP contribution in [0.3, 0.4) is 0 Å². The van der Waals surface area contributed by atoms with Crippen molar-refractivity contribution in [2.75, 3.05) is 25.6 Å². The van der Waals surface area contributed by atoms with Crippen LogP contribution in [-0.4, -0.2) is 48.9 Å². The molecule has 0 saturated heterocycles. The average Bonchev–Trinajstić information content (AvgIpc) is 3.10. The molecule has 1 N–H and O–H groups in total. The molecule has 0 atom stereocenters. The minimum Gasteiger partial charge on any atom is -0.497 e. The Bertz CT molecular complexity index is 1260. The van der Waals surface area contributed by atoms with E-state index in [9.17, 15) is 19.2 Å². The number of hydrogen-bond acceptors (Lipinski definition) is 6. The summed E-state index contributed by atoms with van der Waals surface area (Å²) in [4.78, 5) is 51.2. The number of carbonyl (C=O) groups is 4. The Hall–Kier alpha value is -4.46. The third kappa shape index (κ3) is 4.96. The van der Waals surface area contributed by atoms with Crippen molar-refractivity contribution in [1.29, 1.82) is 0 Å². The van der Waals surface area contributed by atoms with Gasteiger partial charge in [0.25, 0.3) is 17.7 Å². The molecule has 0 radical (unpaired) electrons. The molecule has 34 heavy (non-hydrogen) atoms. The Morgan fingerprint density at radius 1 is 0.882 bits per heavy atom. The summed E-state index contributed by atoms with van der Waals surface area (Å²) >= 11 is 0. The zero-order chi connectivity index (χ0) is 24.1. The molecule has 0 aromatic heterocycles. The lowest BCUT2D eigenvalue weighted by Gasteiger charge is -2.13. The molecule has 0 spiro atoms. The molecule has 3 aromatic rings. The third-order valence-corrected chi connectivity index (χ3v) is 5.36. The lowest BCUT2D eigenvalue weighted by atomic mass is 10.1. The average molecular weight is 458 g/mol. The molecule has 1 heterocycles. The molecule has 1 aliphatic heterocycles. The van der Waals surface area contributed by atoms with Crippen LogP contribution in [0.2, 0.25) is 0 Å². The van der Waals surface area contributed by atoms with Crippen molar-refractivity contribution < 1.29 is 28.7 Å². The van der Waals surface area contributed by atoms with Crippen LogP contribution in [0.1, 0.15) is 36.6 Å². The van der Waals surface area contributed by atoms with E-state index in [4.69, 9.17) is 9.47 Å². The summed E-state index contributed by atoms with van der Waals surface area (Å²) in [5, 5.41) is 2.61. The normalized spacial score (nSPS) is 12.3. The Morgan fingerprint density at radius 2 is 1.65 bits per heavy atom. The van der Waals surface area contributed by atoms with E-state index in [2.05, 4.69) is 5.32 Å². The van der Waals surface area contributed by atoms with E-state index in [1.807, 2.05) is 30.3 Å². The van der Waals surface area contributed by atoms with Crippen molar-refractivity contribution in [3.05, 3.63) is 95.1 Å². The van der Waals surface area contributed by atoms with Crippen molar-refractivity contribution in [3.63, 3.8) is 0 Å². The first-order valence-corrected chi connectivity index (χ1v) is 10.6. The van der Waals surface area contributed by atoms with Crippen LogP contribution in [0.25, 0.3) is 0 Å². The Balaban J connectivity index is 1.36. The van der Waals surface area contributed by atoms with Gasteiger partial charge in [-0.3, -0.25) is 19.3 Å². The summed E-state index contributed by atoms with van der Waals surface area (Å²) in [6, 6.07) is 20.5. The first-order chi connectivity index (χ1) is 16.5. The summed E-state index contributed by atoms with van der Waals surface area (Å²) in [7, 11) is 1.51. The number of esters is 1. The topological polar surface area (TPSA) is 102 Å². The molecule has 8 nitrogen and oxygen atoms in total. The van der Waals surface area contributed by atoms with Crippen LogP contribution in [-0.2, 0) is 16.0 Å². The fourth-order valence-corrected chi connectivity index (χ4v) is 3.62. The van der Waals surface area contributed by atoms with Crippen LogP contribution in [0.15, 0.2) is 72.8 Å². The van der Waals surface area contributed by atoms with Crippen LogP contribution in [0.5, 0.6) is 5.75 Å². The van der Waals surface area contributed by atoms with E-state index in [1.54, 1.807) is 24.3 Å². The highest BCUT2D eigenvalue weighted by molar-refractivity contribution is 6.22. The highest BCUT2D eigenvalue weighted by Crippen LogP contribution is 2.25. The number of amides is 3. The minimum atomic E-state index is -0.772. The van der Waals surface area contributed by atoms with E-state index in [0.29, 0.717) is 17.9 Å². The second-order valence-corrected chi connectivity index (χ2v) is 7.61. The van der Waals surface area contributed by atoms with Crippen LogP contribution >= 0.6 is 0 Å². The van der Waals surface area contributed by atoms with Gasteiger partial charge in [0.15, 0.2) is 6.61 Å². The van der Waals surface area contributed by atoms with Gasteiger partial charge in [-0.05, 0) is 42.3 Å². The number of nitrogens with one attached hydrogen (secondary N) is 1. The van der Waals surface area contributed by atoms with Gasteiger partial charge in [0.2, 0.25) is 0 Å². The molecular formula is C26H22N2O6. The van der Waals surface area contributed by atoms with Gasteiger partial charge in [-0.15, -0.1) is 0 Å². The Morgan fingerprint density at radius 3 is 2.41 bits per heavy atom. The monoisotopic (exact) mass is 458 g/mol. The van der Waals surface area contributed by atoms with Crippen molar-refractivity contribution in [2.24, 2.45) is 0 Å². The van der Waals surface area contributed by atoms with Crippen LogP contribution < -0.4 is 10.1 Å². The van der Waals surface area contributed by atoms with E-state index >= 15 is 0 Å². The second-order valence-electron chi connectivity index (χ2n) is 7.61. The van der Waals surface area contributed by atoms with Gasteiger partial charge in [-0.25, -0.2) is 4.79 Å². The molecule has 0 unspecified atom stereocenters. The highest BCUT2D eigenvalue weighted by Gasteiger charge is 2.35. The van der Waals surface area contributed by atoms with Crippen molar-refractivity contribution >= 4 is 29.4 Å². The Labute approximate surface area is 196 Å². The van der Waals surface area contributed by atoms with Gasteiger partial charge in [-0.1, -0.05) is 36.4 Å². The number of carbonyl (C=O) groups excluding carboxylic acids is 4. The minimum absolute atomic E-state index is 0.0824. The van der Waals surface area contributed by atoms with Gasteiger partial charge in [0.05, 0.1) is 23.8 Å². The summed E-state index contributed by atoms with van der Waals surface area (Å²) in [5.41, 5.74) is 1.98. The number of benzene rings is 3. The van der Waals surface area contributed by atoms with Gasteiger partial charge < -0.3 is 14.8 Å².